The van der Waals surface area contributed by atoms with Crippen molar-refractivity contribution < 1.29 is 8.78 Å². The molecule has 1 atom stereocenters. The highest BCUT2D eigenvalue weighted by Crippen LogP contribution is 2.14. The van der Waals surface area contributed by atoms with Crippen LogP contribution in [-0.4, -0.2) is 12.6 Å². The summed E-state index contributed by atoms with van der Waals surface area (Å²) >= 11 is 0. The molecule has 1 nitrogen and oxygen atoms in total. The monoisotopic (exact) mass is 239 g/mol. The van der Waals surface area contributed by atoms with Gasteiger partial charge in [-0.2, -0.15) is 0 Å². The molecule has 0 spiro atoms. The number of likely N-dealkylation sites (N-methyl/N-ethyl adjacent to an activating group) is 1. The Morgan fingerprint density at radius 2 is 2.12 bits per heavy atom. The molecular weight excluding hydrogens is 220 g/mol. The van der Waals surface area contributed by atoms with Gasteiger partial charge in [0.2, 0.25) is 0 Å². The highest BCUT2D eigenvalue weighted by Gasteiger charge is 2.12. The Bertz CT molecular complexity index is 388. The number of benzene rings is 1. The summed E-state index contributed by atoms with van der Waals surface area (Å²) in [5, 5.41) is 3.28. The third-order valence-electron chi connectivity index (χ3n) is 2.57. The molecule has 1 aromatic rings. The lowest BCUT2D eigenvalue weighted by Crippen LogP contribution is -2.31. The van der Waals surface area contributed by atoms with Crippen LogP contribution in [0, 0.1) is 11.6 Å². The largest absolute Gasteiger partial charge is 0.314 e. The van der Waals surface area contributed by atoms with Crippen molar-refractivity contribution in [3.63, 3.8) is 0 Å². The summed E-state index contributed by atoms with van der Waals surface area (Å²) in [6, 6.07) is 3.88. The van der Waals surface area contributed by atoms with Gasteiger partial charge in [0.05, 0.1) is 0 Å². The van der Waals surface area contributed by atoms with E-state index in [1.54, 1.807) is 0 Å². The Kier molecular flexibility index (Phi) is 5.29. The molecule has 3 heteroatoms. The molecular formula is C14H19F2N. The standard InChI is InChI=1S/C14H19F2N/c1-4-17-13(7-10(2)3)8-11-5-6-12(15)9-14(11)16/h5-6,9,13,17H,2,4,7-8H2,1,3H3. The van der Waals surface area contributed by atoms with Crippen LogP contribution in [0.25, 0.3) is 0 Å². The molecule has 1 N–H and O–H groups in total. The fourth-order valence-electron chi connectivity index (χ4n) is 1.88. The molecule has 0 aromatic heterocycles. The normalized spacial score (nSPS) is 12.5. The predicted molar refractivity (Wildman–Crippen MR) is 67.0 cm³/mol. The van der Waals surface area contributed by atoms with E-state index in [1.165, 1.54) is 12.1 Å². The molecule has 0 amide bonds. The number of rotatable bonds is 6. The zero-order chi connectivity index (χ0) is 12.8. The van der Waals surface area contributed by atoms with Crippen LogP contribution < -0.4 is 5.32 Å². The van der Waals surface area contributed by atoms with Crippen LogP contribution >= 0.6 is 0 Å². The molecule has 0 aliphatic carbocycles. The van der Waals surface area contributed by atoms with Gasteiger partial charge in [0.15, 0.2) is 0 Å². The van der Waals surface area contributed by atoms with Crippen LogP contribution in [0.1, 0.15) is 25.8 Å². The van der Waals surface area contributed by atoms with Crippen LogP contribution in [0.3, 0.4) is 0 Å². The van der Waals surface area contributed by atoms with Gasteiger partial charge >= 0.3 is 0 Å². The maximum Gasteiger partial charge on any atom is 0.129 e. The second-order valence-electron chi connectivity index (χ2n) is 4.36. The SMILES string of the molecule is C=C(C)CC(Cc1ccc(F)cc1F)NCC. The first-order valence-electron chi connectivity index (χ1n) is 5.84. The number of halogens is 2. The quantitative estimate of drug-likeness (QED) is 0.750. The fourth-order valence-corrected chi connectivity index (χ4v) is 1.88. The maximum absolute atomic E-state index is 13.5. The Balaban J connectivity index is 2.74. The zero-order valence-electron chi connectivity index (χ0n) is 10.4. The first-order valence-corrected chi connectivity index (χ1v) is 5.84. The highest BCUT2D eigenvalue weighted by atomic mass is 19.1. The van der Waals surface area contributed by atoms with Crippen LogP contribution in [0.4, 0.5) is 8.78 Å². The predicted octanol–water partition coefficient (Wildman–Crippen LogP) is 3.45. The molecule has 94 valence electrons. The molecule has 0 heterocycles. The fraction of sp³-hybridized carbons (Fsp3) is 0.429. The van der Waals surface area contributed by atoms with Crippen LogP contribution in [0.2, 0.25) is 0 Å². The van der Waals surface area contributed by atoms with Gasteiger partial charge in [-0.05, 0) is 37.9 Å². The van der Waals surface area contributed by atoms with Gasteiger partial charge in [-0.15, -0.1) is 6.58 Å². The average Bonchev–Trinajstić information content (AvgIpc) is 2.21. The van der Waals surface area contributed by atoms with Crippen LogP contribution in [-0.2, 0) is 6.42 Å². The van der Waals surface area contributed by atoms with Gasteiger partial charge in [-0.3, -0.25) is 0 Å². The second-order valence-corrected chi connectivity index (χ2v) is 4.36. The lowest BCUT2D eigenvalue weighted by atomic mass is 10.00. The van der Waals surface area contributed by atoms with Crippen LogP contribution in [0.15, 0.2) is 30.4 Å². The lowest BCUT2D eigenvalue weighted by Gasteiger charge is -2.18. The summed E-state index contributed by atoms with van der Waals surface area (Å²) < 4.78 is 26.3. The molecule has 0 saturated carbocycles. The molecule has 0 aliphatic rings. The third-order valence-corrected chi connectivity index (χ3v) is 2.57. The van der Waals surface area contributed by atoms with Gasteiger partial charge in [0.1, 0.15) is 11.6 Å². The molecule has 1 unspecified atom stereocenters. The molecule has 0 aliphatic heterocycles. The van der Waals surface area contributed by atoms with E-state index in [-0.39, 0.29) is 6.04 Å². The molecule has 0 saturated heterocycles. The molecule has 1 aromatic carbocycles. The van der Waals surface area contributed by atoms with E-state index in [0.29, 0.717) is 12.0 Å². The van der Waals surface area contributed by atoms with Crippen molar-refractivity contribution in [2.45, 2.75) is 32.7 Å². The topological polar surface area (TPSA) is 12.0 Å². The minimum atomic E-state index is -0.536. The van der Waals surface area contributed by atoms with E-state index in [0.717, 1.165) is 24.6 Å². The van der Waals surface area contributed by atoms with Gasteiger partial charge < -0.3 is 5.32 Å². The Labute approximate surface area is 102 Å². The van der Waals surface area contributed by atoms with E-state index in [9.17, 15) is 8.78 Å². The Hall–Kier alpha value is -1.22. The lowest BCUT2D eigenvalue weighted by molar-refractivity contribution is 0.501. The van der Waals surface area contributed by atoms with E-state index < -0.39 is 11.6 Å². The van der Waals surface area contributed by atoms with Crippen molar-refractivity contribution in [1.82, 2.24) is 5.32 Å². The van der Waals surface area contributed by atoms with Crippen molar-refractivity contribution in [3.05, 3.63) is 47.5 Å². The molecule has 0 bridgehead atoms. The first-order chi connectivity index (χ1) is 8.02. The van der Waals surface area contributed by atoms with Crippen molar-refractivity contribution in [2.75, 3.05) is 6.54 Å². The van der Waals surface area contributed by atoms with E-state index in [2.05, 4.69) is 11.9 Å². The Morgan fingerprint density at radius 3 is 2.65 bits per heavy atom. The summed E-state index contributed by atoms with van der Waals surface area (Å²) in [6.07, 6.45) is 1.34. The van der Waals surface area contributed by atoms with Gasteiger partial charge in [0.25, 0.3) is 0 Å². The van der Waals surface area contributed by atoms with E-state index in [1.807, 2.05) is 13.8 Å². The third kappa shape index (κ3) is 4.65. The van der Waals surface area contributed by atoms with Gasteiger partial charge in [-0.25, -0.2) is 8.78 Å². The molecule has 0 radical (unpaired) electrons. The van der Waals surface area contributed by atoms with Crippen molar-refractivity contribution >= 4 is 0 Å². The van der Waals surface area contributed by atoms with E-state index >= 15 is 0 Å². The summed E-state index contributed by atoms with van der Waals surface area (Å²) in [5.74, 6) is -1.01. The maximum atomic E-state index is 13.5. The smallest absolute Gasteiger partial charge is 0.129 e. The minimum Gasteiger partial charge on any atom is -0.314 e. The second kappa shape index (κ2) is 6.50. The number of nitrogens with one attached hydrogen (secondary N) is 1. The van der Waals surface area contributed by atoms with Crippen molar-refractivity contribution in [3.8, 4) is 0 Å². The van der Waals surface area contributed by atoms with E-state index in [4.69, 9.17) is 0 Å². The van der Waals surface area contributed by atoms with Gasteiger partial charge in [-0.1, -0.05) is 18.6 Å². The Morgan fingerprint density at radius 1 is 1.41 bits per heavy atom. The highest BCUT2D eigenvalue weighted by molar-refractivity contribution is 5.20. The average molecular weight is 239 g/mol. The van der Waals surface area contributed by atoms with Crippen molar-refractivity contribution in [2.24, 2.45) is 0 Å². The number of hydrogen-bond acceptors (Lipinski definition) is 1. The summed E-state index contributed by atoms with van der Waals surface area (Å²) in [5.41, 5.74) is 1.59. The summed E-state index contributed by atoms with van der Waals surface area (Å²) in [7, 11) is 0. The molecule has 0 fully saturated rings. The van der Waals surface area contributed by atoms with Crippen LogP contribution in [0.5, 0.6) is 0 Å². The van der Waals surface area contributed by atoms with Crippen molar-refractivity contribution in [1.29, 1.82) is 0 Å². The van der Waals surface area contributed by atoms with Gasteiger partial charge in [0, 0.05) is 12.1 Å². The minimum absolute atomic E-state index is 0.150. The summed E-state index contributed by atoms with van der Waals surface area (Å²) in [4.78, 5) is 0. The first kappa shape index (κ1) is 13.8. The molecule has 17 heavy (non-hydrogen) atoms. The number of hydrogen-bond donors (Lipinski definition) is 1. The summed E-state index contributed by atoms with van der Waals surface area (Å²) in [6.45, 7) is 8.64. The molecule has 1 rings (SSSR count). The zero-order valence-corrected chi connectivity index (χ0v) is 10.4.